The van der Waals surface area contributed by atoms with E-state index in [1.807, 2.05) is 26.0 Å². The number of piperidine rings is 2. The quantitative estimate of drug-likeness (QED) is 0.107. The van der Waals surface area contributed by atoms with Gasteiger partial charge in [-0.05, 0) is 136 Å². The maximum absolute atomic E-state index is 13.2. The third kappa shape index (κ3) is 14.4. The minimum Gasteiger partial charge on any atom is -0.406 e. The van der Waals surface area contributed by atoms with Gasteiger partial charge in [-0.3, -0.25) is 48.6 Å². The number of hydrogen-bond acceptors (Lipinski definition) is 14. The summed E-state index contributed by atoms with van der Waals surface area (Å²) < 4.78 is 136. The van der Waals surface area contributed by atoms with Crippen LogP contribution >= 0.6 is 15.9 Å². The number of benzene rings is 4. The third-order valence-electron chi connectivity index (χ3n) is 14.7. The highest BCUT2D eigenvalue weighted by Gasteiger charge is 2.49. The molecule has 6 aliphatic heterocycles. The molecule has 10 rings (SSSR count). The predicted molar refractivity (Wildman–Crippen MR) is 303 cm³/mol. The molecule has 0 saturated carbocycles. The van der Waals surface area contributed by atoms with Crippen LogP contribution in [-0.2, 0) is 48.8 Å². The molecule has 20 nitrogen and oxygen atoms in total. The zero-order valence-electron chi connectivity index (χ0n) is 45.9. The van der Waals surface area contributed by atoms with E-state index in [0.717, 1.165) is 55.6 Å². The average molecular weight is 1290 g/mol. The molecular weight excluding hydrogens is 1230 g/mol. The molecule has 2 spiro atoms. The SMILES string of the molecule is C=CS(=O)(=O)N1CCC2(CC1)N=C(c1cccc(OC(F)(F)F)c1)NC2=O.Cc1cc(N2C(=O)CCC2=O)cc(C)c1/C=C/S(=O)(=O)N1CCC2(CC1)N=C(c1cccc(OC(F)(F)F)c1)NC2=O.Cc1cc(N2C(=O)CCC2=O)cc(C)c1Br. The van der Waals surface area contributed by atoms with E-state index >= 15 is 0 Å². The van der Waals surface area contributed by atoms with Crippen molar-refractivity contribution >= 4 is 101 Å². The van der Waals surface area contributed by atoms with Crippen LogP contribution in [0.4, 0.5) is 37.7 Å². The van der Waals surface area contributed by atoms with Gasteiger partial charge in [-0.25, -0.2) is 16.8 Å². The largest absolute Gasteiger partial charge is 0.573 e. The van der Waals surface area contributed by atoms with Gasteiger partial charge in [0, 0.05) is 78.3 Å². The van der Waals surface area contributed by atoms with E-state index in [0.29, 0.717) is 40.9 Å². The Balaban J connectivity index is 0.000000186. The van der Waals surface area contributed by atoms with Gasteiger partial charge in [-0.2, -0.15) is 8.61 Å². The lowest BCUT2D eigenvalue weighted by molar-refractivity contribution is -0.275. The summed E-state index contributed by atoms with van der Waals surface area (Å²) in [7, 11) is -7.46. The van der Waals surface area contributed by atoms with Crippen LogP contribution in [0, 0.1) is 27.7 Å². The Hall–Kier alpha value is -7.60. The van der Waals surface area contributed by atoms with Crippen molar-refractivity contribution in [2.24, 2.45) is 9.98 Å². The Labute approximate surface area is 492 Å². The fourth-order valence-corrected chi connectivity index (χ4v) is 12.7. The summed E-state index contributed by atoms with van der Waals surface area (Å²) in [6, 6.07) is 17.3. The summed E-state index contributed by atoms with van der Waals surface area (Å²) in [4.78, 5) is 84.0. The number of anilines is 2. The third-order valence-corrected chi connectivity index (χ3v) is 19.0. The molecule has 6 aliphatic rings. The van der Waals surface area contributed by atoms with E-state index in [1.54, 1.807) is 26.0 Å². The fourth-order valence-electron chi connectivity index (χ4n) is 10.4. The van der Waals surface area contributed by atoms with Crippen molar-refractivity contribution in [2.45, 2.75) is 103 Å². The highest BCUT2D eigenvalue weighted by molar-refractivity contribution is 9.10. The number of amidine groups is 2. The van der Waals surface area contributed by atoms with Crippen molar-refractivity contribution in [3.05, 3.63) is 134 Å². The van der Waals surface area contributed by atoms with Gasteiger partial charge in [0.15, 0.2) is 0 Å². The molecule has 85 heavy (non-hydrogen) atoms. The molecule has 0 bridgehead atoms. The van der Waals surface area contributed by atoms with Crippen LogP contribution in [0.3, 0.4) is 0 Å². The molecule has 29 heteroatoms. The summed E-state index contributed by atoms with van der Waals surface area (Å²) >= 11 is 3.46. The smallest absolute Gasteiger partial charge is 0.406 e. The number of aryl methyl sites for hydroxylation is 4. The van der Waals surface area contributed by atoms with Gasteiger partial charge in [-0.1, -0.05) is 46.8 Å². The first-order chi connectivity index (χ1) is 39.7. The summed E-state index contributed by atoms with van der Waals surface area (Å²) in [6.07, 6.45) is -6.78. The van der Waals surface area contributed by atoms with Gasteiger partial charge < -0.3 is 20.1 Å². The topological polar surface area (TPSA) is 251 Å². The molecule has 6 amide bonds. The molecule has 4 aromatic rings. The highest BCUT2D eigenvalue weighted by Crippen LogP contribution is 2.37. The van der Waals surface area contributed by atoms with Crippen LogP contribution in [0.2, 0.25) is 0 Å². The molecule has 2 N–H and O–H groups in total. The van der Waals surface area contributed by atoms with Crippen LogP contribution in [0.5, 0.6) is 11.5 Å². The Morgan fingerprint density at radius 2 is 0.918 bits per heavy atom. The number of aliphatic imine (C=N–C) groups is 2. The normalized spacial score (nSPS) is 19.1. The van der Waals surface area contributed by atoms with Crippen molar-refractivity contribution in [1.82, 2.24) is 19.2 Å². The van der Waals surface area contributed by atoms with Crippen LogP contribution in [0.15, 0.2) is 105 Å². The molecule has 0 radical (unpaired) electrons. The van der Waals surface area contributed by atoms with Gasteiger partial charge in [0.2, 0.25) is 43.7 Å². The molecule has 4 saturated heterocycles. The van der Waals surface area contributed by atoms with Crippen molar-refractivity contribution in [3.63, 3.8) is 0 Å². The zero-order chi connectivity index (χ0) is 62.2. The number of nitrogens with zero attached hydrogens (tertiary/aromatic N) is 6. The van der Waals surface area contributed by atoms with E-state index in [2.05, 4.69) is 52.6 Å². The number of rotatable bonds is 11. The number of amides is 6. The number of alkyl halides is 6. The van der Waals surface area contributed by atoms with Gasteiger partial charge in [-0.15, -0.1) is 26.3 Å². The molecule has 0 aliphatic carbocycles. The Morgan fingerprint density at radius 1 is 0.565 bits per heavy atom. The van der Waals surface area contributed by atoms with E-state index in [4.69, 9.17) is 0 Å². The van der Waals surface area contributed by atoms with Crippen molar-refractivity contribution in [1.29, 1.82) is 0 Å². The zero-order valence-corrected chi connectivity index (χ0v) is 49.1. The standard InChI is InChI=1S/C28H27F3N4O6S.C16H16F3N3O4S.C12H12BrNO2/c1-17-14-20(35-23(36)6-7-24(35)37)15-18(2)22(17)8-13-42(39,40)34-11-9-27(10-12-34)26(38)32-25(33-27)19-4-3-5-21(16-19)41-28(29,30)31;1-2-27(24,25)22-8-6-15(7-9-22)14(23)20-13(21-15)11-4-3-5-12(10-11)26-16(17,18)19;1-7-5-9(6-8(2)12(7)13)14-10(15)3-4-11(14)16/h3-5,8,13-16H,6-7,9-12H2,1-2H3,(H,32,33,38);2-5,10H,1,6-9H2,(H,20,21,23);5-6H,3-4H2,1-2H3/b13-8+;;. The Bertz CT molecular complexity index is 3670. The molecule has 0 unspecified atom stereocenters. The lowest BCUT2D eigenvalue weighted by Crippen LogP contribution is -2.50. The molecular formula is C56H55BrF6N8O12S2. The van der Waals surface area contributed by atoms with E-state index in [1.165, 1.54) is 43.9 Å². The molecule has 6 heterocycles. The highest BCUT2D eigenvalue weighted by atomic mass is 79.9. The van der Waals surface area contributed by atoms with Crippen LogP contribution in [0.1, 0.15) is 90.3 Å². The van der Waals surface area contributed by atoms with Gasteiger partial charge in [0.25, 0.3) is 11.8 Å². The molecule has 0 aromatic heterocycles. The number of carbonyl (C=O) groups excluding carboxylic acids is 6. The average Bonchev–Trinajstić information content (AvgIpc) is 2.40. The van der Waals surface area contributed by atoms with E-state index < -0.39 is 67.2 Å². The number of nitrogens with one attached hydrogen (secondary N) is 2. The first-order valence-corrected chi connectivity index (χ1v) is 30.0. The summed E-state index contributed by atoms with van der Waals surface area (Å²) in [5.74, 6) is -2.27. The predicted octanol–water partition coefficient (Wildman–Crippen LogP) is 8.06. The first-order valence-electron chi connectivity index (χ1n) is 26.2. The lowest BCUT2D eigenvalue weighted by Gasteiger charge is -2.34. The second-order valence-corrected chi connectivity index (χ2v) is 25.0. The van der Waals surface area contributed by atoms with Crippen LogP contribution in [0.25, 0.3) is 6.08 Å². The molecule has 4 fully saturated rings. The van der Waals surface area contributed by atoms with Gasteiger partial charge in [0.1, 0.15) is 34.2 Å². The second kappa shape index (κ2) is 24.4. The number of halogens is 7. The Kier molecular flexibility index (Phi) is 18.2. The van der Waals surface area contributed by atoms with Crippen molar-refractivity contribution in [3.8, 4) is 11.5 Å². The minimum absolute atomic E-state index is 0.00415. The minimum atomic E-state index is -4.87. The van der Waals surface area contributed by atoms with Gasteiger partial charge >= 0.3 is 12.7 Å². The summed E-state index contributed by atoms with van der Waals surface area (Å²) in [5.41, 5.74) is 3.34. The maximum atomic E-state index is 13.2. The molecule has 452 valence electrons. The summed E-state index contributed by atoms with van der Waals surface area (Å²) in [6.45, 7) is 10.9. The fraction of sp³-hybridized carbons (Fsp3) is 0.357. The number of sulfonamides is 2. The maximum Gasteiger partial charge on any atom is 0.573 e. The van der Waals surface area contributed by atoms with Crippen LogP contribution in [-0.4, -0.2) is 123 Å². The first kappa shape index (κ1) is 63.4. The van der Waals surface area contributed by atoms with Crippen molar-refractivity contribution in [2.75, 3.05) is 36.0 Å². The number of carbonyl (C=O) groups is 6. The van der Waals surface area contributed by atoms with E-state index in [9.17, 15) is 71.9 Å². The summed E-state index contributed by atoms with van der Waals surface area (Å²) in [5, 5.41) is 7.12. The Morgan fingerprint density at radius 3 is 1.27 bits per heavy atom. The molecule has 4 aromatic carbocycles. The number of hydrogen-bond donors (Lipinski definition) is 2. The number of imide groups is 2. The van der Waals surface area contributed by atoms with Gasteiger partial charge in [0.05, 0.1) is 11.4 Å². The monoisotopic (exact) mass is 1290 g/mol. The second-order valence-electron chi connectivity index (χ2n) is 20.5. The number of ether oxygens (including phenoxy) is 2. The lowest BCUT2D eigenvalue weighted by atomic mass is 9.89. The van der Waals surface area contributed by atoms with Crippen molar-refractivity contribution < 1.29 is 81.4 Å². The van der Waals surface area contributed by atoms with E-state index in [-0.39, 0.29) is 111 Å². The van der Waals surface area contributed by atoms with Crippen LogP contribution < -0.4 is 29.9 Å². The molecule has 0 atom stereocenters.